The zero-order valence-electron chi connectivity index (χ0n) is 29.4. The molecule has 0 saturated heterocycles. The van der Waals surface area contributed by atoms with Gasteiger partial charge < -0.3 is 4.90 Å². The first kappa shape index (κ1) is 30.8. The largest absolute Gasteiger partial charge is 0.310 e. The van der Waals surface area contributed by atoms with Crippen LogP contribution < -0.4 is 4.90 Å². The molecule has 0 aliphatic heterocycles. The van der Waals surface area contributed by atoms with Crippen molar-refractivity contribution in [1.29, 1.82) is 0 Å². The summed E-state index contributed by atoms with van der Waals surface area (Å²) >= 11 is 1.87. The maximum atomic E-state index is 2.40. The van der Waals surface area contributed by atoms with Gasteiger partial charge in [-0.3, -0.25) is 0 Å². The third-order valence-electron chi connectivity index (χ3n) is 11.0. The number of fused-ring (bicyclic) bond motifs is 9. The third kappa shape index (κ3) is 5.07. The fraction of sp³-hybridized carbons (Fsp3) is 0. The van der Waals surface area contributed by atoms with Crippen LogP contribution >= 0.6 is 11.3 Å². The van der Waals surface area contributed by atoms with Gasteiger partial charge in [0.25, 0.3) is 0 Å². The summed E-state index contributed by atoms with van der Waals surface area (Å²) in [6.07, 6.45) is 0. The van der Waals surface area contributed by atoms with E-state index in [1.54, 1.807) is 0 Å². The van der Waals surface area contributed by atoms with E-state index in [1.165, 1.54) is 85.5 Å². The number of nitrogens with zero attached hydrogens (tertiary/aromatic N) is 1. The highest BCUT2D eigenvalue weighted by Gasteiger charge is 2.17. The molecule has 2 heteroatoms. The Morgan fingerprint density at radius 2 is 0.926 bits per heavy atom. The van der Waals surface area contributed by atoms with Gasteiger partial charge in [0, 0.05) is 37.2 Å². The van der Waals surface area contributed by atoms with Crippen LogP contribution in [0.2, 0.25) is 0 Å². The van der Waals surface area contributed by atoms with Crippen molar-refractivity contribution in [1.82, 2.24) is 0 Å². The highest BCUT2D eigenvalue weighted by atomic mass is 32.1. The molecule has 1 nitrogen and oxygen atoms in total. The van der Waals surface area contributed by atoms with E-state index in [0.29, 0.717) is 0 Å². The Balaban J connectivity index is 1.07. The molecule has 0 bridgehead atoms. The predicted octanol–water partition coefficient (Wildman–Crippen LogP) is 15.5. The molecule has 0 unspecified atom stereocenters. The second-order valence-corrected chi connectivity index (χ2v) is 15.2. The van der Waals surface area contributed by atoms with Crippen molar-refractivity contribution in [3.8, 4) is 22.3 Å². The lowest BCUT2D eigenvalue weighted by Crippen LogP contribution is -2.10. The summed E-state index contributed by atoms with van der Waals surface area (Å²) in [5, 5.41) is 12.9. The molecule has 0 aliphatic rings. The standard InChI is InChI=1S/C52H33NS/c1-2-11-34(12-3-1)37-16-10-17-42(29-37)53(43-27-28-46-49-30-38-14-4-5-15-39(38)32-50(49)54-51(46)33-43)41-25-23-36(24-26-41)48-31-40-22-21-35-13-6-7-18-44(35)52(40)47-20-9-8-19-45(47)48/h1-33H. The number of thiophene rings is 1. The fourth-order valence-electron chi connectivity index (χ4n) is 8.40. The summed E-state index contributed by atoms with van der Waals surface area (Å²) in [6.45, 7) is 0. The SMILES string of the molecule is c1ccc(-c2cccc(N(c3ccc(-c4cc5ccc6ccccc6c5c5ccccc45)cc3)c3ccc4c(c3)sc3cc5ccccc5cc34)c2)cc1. The third-order valence-corrected chi connectivity index (χ3v) is 12.1. The molecule has 11 rings (SSSR count). The highest BCUT2D eigenvalue weighted by Crippen LogP contribution is 2.44. The van der Waals surface area contributed by atoms with E-state index in [9.17, 15) is 0 Å². The van der Waals surface area contributed by atoms with Gasteiger partial charge >= 0.3 is 0 Å². The first-order valence-electron chi connectivity index (χ1n) is 18.5. The molecule has 1 aromatic heterocycles. The van der Waals surface area contributed by atoms with E-state index in [0.717, 1.165) is 17.1 Å². The normalized spacial score (nSPS) is 11.7. The molecule has 10 aromatic carbocycles. The van der Waals surface area contributed by atoms with Crippen molar-refractivity contribution in [3.63, 3.8) is 0 Å². The molecule has 0 amide bonds. The first-order chi connectivity index (χ1) is 26.7. The second-order valence-electron chi connectivity index (χ2n) is 14.1. The van der Waals surface area contributed by atoms with Crippen LogP contribution in [0.25, 0.3) is 85.5 Å². The molecule has 0 spiro atoms. The number of benzene rings is 10. The van der Waals surface area contributed by atoms with Crippen LogP contribution in [0.4, 0.5) is 17.1 Å². The van der Waals surface area contributed by atoms with Crippen molar-refractivity contribution in [2.75, 3.05) is 4.90 Å². The lowest BCUT2D eigenvalue weighted by Gasteiger charge is -2.26. The van der Waals surface area contributed by atoms with Gasteiger partial charge in [0.1, 0.15) is 0 Å². The highest BCUT2D eigenvalue weighted by molar-refractivity contribution is 7.25. The van der Waals surface area contributed by atoms with E-state index < -0.39 is 0 Å². The lowest BCUT2D eigenvalue weighted by molar-refractivity contribution is 1.29. The van der Waals surface area contributed by atoms with Crippen molar-refractivity contribution < 1.29 is 0 Å². The van der Waals surface area contributed by atoms with E-state index in [4.69, 9.17) is 0 Å². The molecule has 0 aliphatic carbocycles. The van der Waals surface area contributed by atoms with Crippen molar-refractivity contribution in [2.45, 2.75) is 0 Å². The monoisotopic (exact) mass is 703 g/mol. The summed E-state index contributed by atoms with van der Waals surface area (Å²) in [6, 6.07) is 73.5. The molecule has 0 saturated carbocycles. The van der Waals surface area contributed by atoms with Crippen LogP contribution in [-0.2, 0) is 0 Å². The lowest BCUT2D eigenvalue weighted by atomic mass is 9.90. The van der Waals surface area contributed by atoms with Crippen LogP contribution in [0.1, 0.15) is 0 Å². The first-order valence-corrected chi connectivity index (χ1v) is 19.3. The van der Waals surface area contributed by atoms with Gasteiger partial charge in [-0.25, -0.2) is 0 Å². The molecule has 0 fully saturated rings. The Kier molecular flexibility index (Phi) is 7.11. The number of anilines is 3. The Labute approximate surface area is 317 Å². The summed E-state index contributed by atoms with van der Waals surface area (Å²) in [7, 11) is 0. The van der Waals surface area contributed by atoms with E-state index in [1.807, 2.05) is 11.3 Å². The van der Waals surface area contributed by atoms with E-state index >= 15 is 0 Å². The van der Waals surface area contributed by atoms with Gasteiger partial charge in [-0.15, -0.1) is 11.3 Å². The Hall–Kier alpha value is -6.74. The van der Waals surface area contributed by atoms with Gasteiger partial charge in [0.2, 0.25) is 0 Å². The summed E-state index contributed by atoms with van der Waals surface area (Å²) in [4.78, 5) is 2.40. The zero-order chi connectivity index (χ0) is 35.6. The van der Waals surface area contributed by atoms with Crippen LogP contribution in [0.15, 0.2) is 200 Å². The molecule has 1 heterocycles. The molecule has 11 aromatic rings. The molecule has 0 radical (unpaired) electrons. The topological polar surface area (TPSA) is 3.24 Å². The zero-order valence-corrected chi connectivity index (χ0v) is 30.2. The van der Waals surface area contributed by atoms with Gasteiger partial charge in [-0.1, -0.05) is 146 Å². The van der Waals surface area contributed by atoms with Gasteiger partial charge in [-0.05, 0) is 120 Å². The van der Waals surface area contributed by atoms with Gasteiger partial charge in [0.05, 0.1) is 0 Å². The van der Waals surface area contributed by atoms with Crippen LogP contribution in [-0.4, -0.2) is 0 Å². The maximum Gasteiger partial charge on any atom is 0.0476 e. The minimum absolute atomic E-state index is 1.12. The van der Waals surface area contributed by atoms with Crippen molar-refractivity contribution in [3.05, 3.63) is 200 Å². The fourth-order valence-corrected chi connectivity index (χ4v) is 9.57. The van der Waals surface area contributed by atoms with Crippen LogP contribution in [0.5, 0.6) is 0 Å². The van der Waals surface area contributed by atoms with E-state index in [-0.39, 0.29) is 0 Å². The summed E-state index contributed by atoms with van der Waals surface area (Å²) in [5.41, 5.74) is 8.23. The number of rotatable bonds is 5. The summed E-state index contributed by atoms with van der Waals surface area (Å²) in [5.74, 6) is 0. The quantitative estimate of drug-likeness (QED) is 0.161. The Bertz CT molecular complexity index is 3210. The van der Waals surface area contributed by atoms with Crippen LogP contribution in [0.3, 0.4) is 0 Å². The van der Waals surface area contributed by atoms with Crippen molar-refractivity contribution in [2.24, 2.45) is 0 Å². The Morgan fingerprint density at radius 3 is 1.76 bits per heavy atom. The van der Waals surface area contributed by atoms with Crippen LogP contribution in [0, 0.1) is 0 Å². The van der Waals surface area contributed by atoms with Gasteiger partial charge in [-0.2, -0.15) is 0 Å². The molecule has 0 N–H and O–H groups in total. The van der Waals surface area contributed by atoms with Gasteiger partial charge in [0.15, 0.2) is 0 Å². The van der Waals surface area contributed by atoms with E-state index in [2.05, 4.69) is 205 Å². The Morgan fingerprint density at radius 1 is 0.296 bits per heavy atom. The molecule has 54 heavy (non-hydrogen) atoms. The molecule has 0 atom stereocenters. The maximum absolute atomic E-state index is 2.40. The smallest absolute Gasteiger partial charge is 0.0476 e. The molecular formula is C52H33NS. The summed E-state index contributed by atoms with van der Waals surface area (Å²) < 4.78 is 2.60. The van der Waals surface area contributed by atoms with Crippen molar-refractivity contribution >= 4 is 91.7 Å². The average molecular weight is 704 g/mol. The minimum Gasteiger partial charge on any atom is -0.310 e. The second kappa shape index (κ2) is 12.4. The number of hydrogen-bond donors (Lipinski definition) is 0. The average Bonchev–Trinajstić information content (AvgIpc) is 3.59. The predicted molar refractivity (Wildman–Crippen MR) is 235 cm³/mol. The number of hydrogen-bond acceptors (Lipinski definition) is 2. The molecular weight excluding hydrogens is 671 g/mol. The minimum atomic E-state index is 1.12. The molecule has 252 valence electrons.